The van der Waals surface area contributed by atoms with Crippen LogP contribution in [0.1, 0.15) is 25.8 Å². The molecule has 20 heavy (non-hydrogen) atoms. The molecule has 0 radical (unpaired) electrons. The van der Waals surface area contributed by atoms with Gasteiger partial charge in [-0.1, -0.05) is 18.2 Å². The van der Waals surface area contributed by atoms with Crippen LogP contribution in [0.2, 0.25) is 0 Å². The number of carbonyl (C=O) groups excluding carboxylic acids is 1. The first kappa shape index (κ1) is 14.9. The van der Waals surface area contributed by atoms with Gasteiger partial charge in [-0.25, -0.2) is 0 Å². The lowest BCUT2D eigenvalue weighted by Crippen LogP contribution is -2.46. The molecule has 2 unspecified atom stereocenters. The lowest BCUT2D eigenvalue weighted by Gasteiger charge is -2.35. The minimum atomic E-state index is -0.0245. The van der Waals surface area contributed by atoms with Crippen LogP contribution >= 0.6 is 0 Å². The molecule has 1 aliphatic rings. The Morgan fingerprint density at radius 3 is 2.90 bits per heavy atom. The summed E-state index contributed by atoms with van der Waals surface area (Å²) in [4.78, 5) is 14.5. The molecule has 0 fully saturated rings. The molecule has 0 saturated carbocycles. The third kappa shape index (κ3) is 3.12. The minimum absolute atomic E-state index is 0.0245. The van der Waals surface area contributed by atoms with E-state index in [4.69, 9.17) is 5.11 Å². The van der Waals surface area contributed by atoms with Crippen LogP contribution in [-0.2, 0) is 11.2 Å². The molecule has 0 aliphatic carbocycles. The van der Waals surface area contributed by atoms with Gasteiger partial charge >= 0.3 is 0 Å². The standard InChI is InChI=1S/C16H24N2O2/c1-3-18(9-6-10-19)16(20)14-11-13-7-4-5-8-15(13)17-12(14)2/h4-5,7-8,12,14,17,19H,3,6,9-11H2,1-2H3. The molecule has 1 aromatic carbocycles. The Morgan fingerprint density at radius 2 is 2.20 bits per heavy atom. The molecule has 2 N–H and O–H groups in total. The van der Waals surface area contributed by atoms with E-state index in [0.717, 1.165) is 12.1 Å². The van der Waals surface area contributed by atoms with Crippen LogP contribution in [0.15, 0.2) is 24.3 Å². The summed E-state index contributed by atoms with van der Waals surface area (Å²) in [5.74, 6) is 0.166. The predicted octanol–water partition coefficient (Wildman–Crippen LogP) is 1.89. The number of hydrogen-bond donors (Lipinski definition) is 2. The van der Waals surface area contributed by atoms with Crippen LogP contribution in [0.5, 0.6) is 0 Å². The summed E-state index contributed by atoms with van der Waals surface area (Å²) in [7, 11) is 0. The molecule has 4 heteroatoms. The van der Waals surface area contributed by atoms with Gasteiger partial charge in [0.2, 0.25) is 5.91 Å². The van der Waals surface area contributed by atoms with Crippen LogP contribution in [0.25, 0.3) is 0 Å². The number of benzene rings is 1. The lowest BCUT2D eigenvalue weighted by atomic mass is 9.87. The summed E-state index contributed by atoms with van der Waals surface area (Å²) < 4.78 is 0. The van der Waals surface area contributed by atoms with Gasteiger partial charge in [-0.3, -0.25) is 4.79 Å². The van der Waals surface area contributed by atoms with Gasteiger partial charge in [0, 0.05) is 31.4 Å². The number of anilines is 1. The Morgan fingerprint density at radius 1 is 1.45 bits per heavy atom. The largest absolute Gasteiger partial charge is 0.396 e. The Labute approximate surface area is 120 Å². The number of fused-ring (bicyclic) bond motifs is 1. The van der Waals surface area contributed by atoms with Gasteiger partial charge in [0.1, 0.15) is 0 Å². The number of nitrogens with zero attached hydrogens (tertiary/aromatic N) is 1. The van der Waals surface area contributed by atoms with Crippen LogP contribution < -0.4 is 5.32 Å². The molecular weight excluding hydrogens is 252 g/mol. The second kappa shape index (κ2) is 6.75. The zero-order valence-electron chi connectivity index (χ0n) is 12.3. The van der Waals surface area contributed by atoms with Crippen molar-refractivity contribution in [1.82, 2.24) is 4.90 Å². The second-order valence-electron chi connectivity index (χ2n) is 5.40. The summed E-state index contributed by atoms with van der Waals surface area (Å²) in [5.41, 5.74) is 2.35. The number of carbonyl (C=O) groups is 1. The molecule has 0 aromatic heterocycles. The number of hydrogen-bond acceptors (Lipinski definition) is 3. The van der Waals surface area contributed by atoms with E-state index in [-0.39, 0.29) is 24.5 Å². The highest BCUT2D eigenvalue weighted by atomic mass is 16.3. The van der Waals surface area contributed by atoms with Crippen molar-refractivity contribution < 1.29 is 9.90 Å². The van der Waals surface area contributed by atoms with E-state index < -0.39 is 0 Å². The van der Waals surface area contributed by atoms with Crippen molar-refractivity contribution in [3.8, 4) is 0 Å². The van der Waals surface area contributed by atoms with Crippen molar-refractivity contribution in [3.05, 3.63) is 29.8 Å². The summed E-state index contributed by atoms with van der Waals surface area (Å²) >= 11 is 0. The van der Waals surface area contributed by atoms with Crippen molar-refractivity contribution in [3.63, 3.8) is 0 Å². The van der Waals surface area contributed by atoms with E-state index in [2.05, 4.69) is 24.4 Å². The van der Waals surface area contributed by atoms with E-state index in [1.807, 2.05) is 24.0 Å². The Balaban J connectivity index is 2.10. The summed E-state index contributed by atoms with van der Waals surface area (Å²) in [5, 5.41) is 12.4. The summed E-state index contributed by atoms with van der Waals surface area (Å²) in [6.45, 7) is 5.52. The Bertz CT molecular complexity index is 462. The number of aliphatic hydroxyl groups excluding tert-OH is 1. The highest BCUT2D eigenvalue weighted by Crippen LogP contribution is 2.29. The molecule has 2 atom stereocenters. The highest BCUT2D eigenvalue weighted by molar-refractivity contribution is 5.81. The zero-order chi connectivity index (χ0) is 14.5. The number of rotatable bonds is 5. The Kier molecular flexibility index (Phi) is 5.01. The SMILES string of the molecule is CCN(CCCO)C(=O)C1Cc2ccccc2NC1C. The third-order valence-corrected chi connectivity index (χ3v) is 4.04. The van der Waals surface area contributed by atoms with Gasteiger partial charge in [0.05, 0.1) is 5.92 Å². The molecule has 0 bridgehead atoms. The second-order valence-corrected chi connectivity index (χ2v) is 5.40. The number of aliphatic hydroxyl groups is 1. The average molecular weight is 276 g/mol. The van der Waals surface area contributed by atoms with Gasteiger partial charge in [-0.05, 0) is 38.3 Å². The minimum Gasteiger partial charge on any atom is -0.396 e. The maximum Gasteiger partial charge on any atom is 0.228 e. The first-order chi connectivity index (χ1) is 9.67. The van der Waals surface area contributed by atoms with E-state index >= 15 is 0 Å². The molecule has 110 valence electrons. The first-order valence-corrected chi connectivity index (χ1v) is 7.41. The van der Waals surface area contributed by atoms with E-state index in [9.17, 15) is 4.79 Å². The van der Waals surface area contributed by atoms with Crippen LogP contribution in [0, 0.1) is 5.92 Å². The molecular formula is C16H24N2O2. The zero-order valence-corrected chi connectivity index (χ0v) is 12.3. The molecule has 1 amide bonds. The Hall–Kier alpha value is -1.55. The normalized spacial score (nSPS) is 20.9. The third-order valence-electron chi connectivity index (χ3n) is 4.04. The fourth-order valence-electron chi connectivity index (χ4n) is 2.82. The topological polar surface area (TPSA) is 52.6 Å². The number of nitrogens with one attached hydrogen (secondary N) is 1. The molecule has 2 rings (SSSR count). The van der Waals surface area contributed by atoms with Crippen molar-refractivity contribution >= 4 is 11.6 Å². The van der Waals surface area contributed by atoms with Gasteiger partial charge < -0.3 is 15.3 Å². The van der Waals surface area contributed by atoms with Crippen molar-refractivity contribution in [2.24, 2.45) is 5.92 Å². The van der Waals surface area contributed by atoms with Crippen LogP contribution in [0.3, 0.4) is 0 Å². The average Bonchev–Trinajstić information content (AvgIpc) is 2.47. The quantitative estimate of drug-likeness (QED) is 0.863. The van der Waals surface area contributed by atoms with Crippen LogP contribution in [0.4, 0.5) is 5.69 Å². The van der Waals surface area contributed by atoms with Crippen molar-refractivity contribution in [2.45, 2.75) is 32.7 Å². The molecule has 1 aliphatic heterocycles. The van der Waals surface area contributed by atoms with E-state index in [0.29, 0.717) is 19.5 Å². The molecule has 1 heterocycles. The maximum atomic E-state index is 12.7. The summed E-state index contributed by atoms with van der Waals surface area (Å²) in [6, 6.07) is 8.32. The van der Waals surface area contributed by atoms with Crippen LogP contribution in [-0.4, -0.2) is 41.7 Å². The first-order valence-electron chi connectivity index (χ1n) is 7.41. The predicted molar refractivity (Wildman–Crippen MR) is 80.7 cm³/mol. The van der Waals surface area contributed by atoms with Gasteiger partial charge in [0.25, 0.3) is 0 Å². The molecule has 0 saturated heterocycles. The fourth-order valence-corrected chi connectivity index (χ4v) is 2.82. The monoisotopic (exact) mass is 276 g/mol. The fraction of sp³-hybridized carbons (Fsp3) is 0.562. The summed E-state index contributed by atoms with van der Waals surface area (Å²) in [6.07, 6.45) is 1.43. The van der Waals surface area contributed by atoms with E-state index in [1.54, 1.807) is 0 Å². The number of amides is 1. The molecule has 1 aromatic rings. The molecule has 0 spiro atoms. The number of para-hydroxylation sites is 1. The van der Waals surface area contributed by atoms with Gasteiger partial charge in [-0.15, -0.1) is 0 Å². The van der Waals surface area contributed by atoms with Crippen molar-refractivity contribution in [2.75, 3.05) is 25.0 Å². The van der Waals surface area contributed by atoms with Gasteiger partial charge in [-0.2, -0.15) is 0 Å². The molecule has 4 nitrogen and oxygen atoms in total. The lowest BCUT2D eigenvalue weighted by molar-refractivity contribution is -0.136. The smallest absolute Gasteiger partial charge is 0.228 e. The van der Waals surface area contributed by atoms with E-state index in [1.165, 1.54) is 5.56 Å². The van der Waals surface area contributed by atoms with Gasteiger partial charge in [0.15, 0.2) is 0 Å². The van der Waals surface area contributed by atoms with Crippen molar-refractivity contribution in [1.29, 1.82) is 0 Å². The maximum absolute atomic E-state index is 12.7. The highest BCUT2D eigenvalue weighted by Gasteiger charge is 2.32.